The van der Waals surface area contributed by atoms with E-state index < -0.39 is 4.99 Å². The molecule has 6 heteroatoms. The quantitative estimate of drug-likeness (QED) is 0.764. The molecule has 5 nitrogen and oxygen atoms in total. The van der Waals surface area contributed by atoms with Crippen molar-refractivity contribution in [1.82, 2.24) is 0 Å². The molecule has 2 aromatic carbocycles. The predicted molar refractivity (Wildman–Crippen MR) is 109 cm³/mol. The maximum atomic E-state index is 13.0. The Morgan fingerprint density at radius 1 is 1.26 bits per heavy atom. The molecular formula is C21H24N2O3S. The lowest BCUT2D eigenvalue weighted by molar-refractivity contribution is -0.142. The van der Waals surface area contributed by atoms with Gasteiger partial charge in [0.2, 0.25) is 0 Å². The van der Waals surface area contributed by atoms with Crippen LogP contribution in [0.2, 0.25) is 0 Å². The standard InChI is InChI=1S/C21H24N2O3S/c1-25-20(24)21(27-15-16-8-3-2-4-9-16)22-18-11-5-6-12-19(18)23(21)14-17-10-7-13-26-17/h2-6,8-9,11-12,17,22H,7,10,13-15H2,1H3. The minimum Gasteiger partial charge on any atom is -0.465 e. The molecule has 1 fully saturated rings. The van der Waals surface area contributed by atoms with Crippen LogP contribution in [-0.4, -0.2) is 37.3 Å². The van der Waals surface area contributed by atoms with Gasteiger partial charge < -0.3 is 19.7 Å². The van der Waals surface area contributed by atoms with E-state index in [1.54, 1.807) is 11.8 Å². The van der Waals surface area contributed by atoms with E-state index in [9.17, 15) is 4.79 Å². The molecule has 2 aliphatic rings. The van der Waals surface area contributed by atoms with Gasteiger partial charge in [-0.2, -0.15) is 0 Å². The van der Waals surface area contributed by atoms with E-state index in [4.69, 9.17) is 9.47 Å². The van der Waals surface area contributed by atoms with E-state index in [0.29, 0.717) is 12.3 Å². The minimum atomic E-state index is -1.000. The van der Waals surface area contributed by atoms with Crippen molar-refractivity contribution in [3.05, 3.63) is 60.2 Å². The molecule has 2 aromatic rings. The summed E-state index contributed by atoms with van der Waals surface area (Å²) in [5.41, 5.74) is 3.13. The first kappa shape index (κ1) is 18.2. The molecule has 0 aliphatic carbocycles. The second-order valence-electron chi connectivity index (χ2n) is 6.80. The van der Waals surface area contributed by atoms with Gasteiger partial charge in [0.15, 0.2) is 0 Å². The smallest absolute Gasteiger partial charge is 0.364 e. The molecule has 2 heterocycles. The van der Waals surface area contributed by atoms with Crippen molar-refractivity contribution in [3.8, 4) is 0 Å². The Labute approximate surface area is 164 Å². The van der Waals surface area contributed by atoms with Crippen molar-refractivity contribution in [3.63, 3.8) is 0 Å². The van der Waals surface area contributed by atoms with Crippen LogP contribution < -0.4 is 10.2 Å². The highest BCUT2D eigenvalue weighted by Gasteiger charge is 2.52. The van der Waals surface area contributed by atoms with Crippen LogP contribution >= 0.6 is 11.8 Å². The number of nitrogens with one attached hydrogen (secondary N) is 1. The highest BCUT2D eigenvalue weighted by molar-refractivity contribution is 8.00. The first-order valence-corrected chi connectivity index (χ1v) is 10.2. The Hall–Kier alpha value is -2.18. The van der Waals surface area contributed by atoms with Crippen LogP contribution in [0.4, 0.5) is 11.4 Å². The van der Waals surface area contributed by atoms with Crippen molar-refractivity contribution in [2.24, 2.45) is 0 Å². The van der Waals surface area contributed by atoms with Gasteiger partial charge in [-0.3, -0.25) is 0 Å². The predicted octanol–water partition coefficient (Wildman–Crippen LogP) is 3.86. The maximum Gasteiger partial charge on any atom is 0.364 e. The average molecular weight is 385 g/mol. The van der Waals surface area contributed by atoms with Gasteiger partial charge in [0.1, 0.15) is 0 Å². The molecule has 4 rings (SSSR count). The fourth-order valence-corrected chi connectivity index (χ4v) is 4.97. The summed E-state index contributed by atoms with van der Waals surface area (Å²) < 4.78 is 11.1. The molecule has 0 spiro atoms. The fraction of sp³-hybridized carbons (Fsp3) is 0.381. The zero-order valence-electron chi connectivity index (χ0n) is 15.4. The molecule has 0 amide bonds. The number of methoxy groups -OCH3 is 1. The molecule has 2 unspecified atom stereocenters. The number of anilines is 2. The zero-order valence-corrected chi connectivity index (χ0v) is 16.2. The number of para-hydroxylation sites is 2. The largest absolute Gasteiger partial charge is 0.465 e. The number of thioether (sulfide) groups is 1. The second kappa shape index (κ2) is 7.82. The molecule has 1 saturated heterocycles. The third-order valence-corrected chi connectivity index (χ3v) is 6.43. The number of hydrogen-bond donors (Lipinski definition) is 1. The van der Waals surface area contributed by atoms with E-state index in [2.05, 4.69) is 22.3 Å². The Morgan fingerprint density at radius 3 is 2.78 bits per heavy atom. The van der Waals surface area contributed by atoms with E-state index >= 15 is 0 Å². The number of ether oxygens (including phenoxy) is 2. The van der Waals surface area contributed by atoms with Gasteiger partial charge in [0, 0.05) is 18.9 Å². The van der Waals surface area contributed by atoms with Gasteiger partial charge in [0.05, 0.1) is 24.6 Å². The summed E-state index contributed by atoms with van der Waals surface area (Å²) in [6.45, 7) is 1.44. The van der Waals surface area contributed by atoms with Crippen molar-refractivity contribution < 1.29 is 14.3 Å². The molecule has 2 aliphatic heterocycles. The summed E-state index contributed by atoms with van der Waals surface area (Å²) in [5, 5.41) is 3.45. The second-order valence-corrected chi connectivity index (χ2v) is 7.97. The van der Waals surface area contributed by atoms with Crippen LogP contribution in [0.3, 0.4) is 0 Å². The Morgan fingerprint density at radius 2 is 2.04 bits per heavy atom. The van der Waals surface area contributed by atoms with Crippen LogP contribution in [0.1, 0.15) is 18.4 Å². The van der Waals surface area contributed by atoms with Crippen molar-refractivity contribution >= 4 is 29.1 Å². The van der Waals surface area contributed by atoms with Gasteiger partial charge in [-0.1, -0.05) is 54.2 Å². The summed E-state index contributed by atoms with van der Waals surface area (Å²) in [4.78, 5) is 14.1. The van der Waals surface area contributed by atoms with E-state index in [1.807, 2.05) is 42.5 Å². The van der Waals surface area contributed by atoms with Gasteiger partial charge in [-0.15, -0.1) is 0 Å². The lowest BCUT2D eigenvalue weighted by Gasteiger charge is -2.37. The number of esters is 1. The van der Waals surface area contributed by atoms with E-state index in [-0.39, 0.29) is 12.1 Å². The average Bonchev–Trinajstić information content (AvgIpc) is 3.34. The van der Waals surface area contributed by atoms with Crippen molar-refractivity contribution in [1.29, 1.82) is 0 Å². The van der Waals surface area contributed by atoms with Crippen molar-refractivity contribution in [2.75, 3.05) is 30.5 Å². The summed E-state index contributed by atoms with van der Waals surface area (Å²) in [7, 11) is 1.45. The maximum absolute atomic E-state index is 13.0. The number of rotatable bonds is 6. The third kappa shape index (κ3) is 3.51. The highest BCUT2D eigenvalue weighted by atomic mass is 32.2. The molecule has 27 heavy (non-hydrogen) atoms. The lowest BCUT2D eigenvalue weighted by Crippen LogP contribution is -2.57. The lowest BCUT2D eigenvalue weighted by atomic mass is 10.2. The van der Waals surface area contributed by atoms with Gasteiger partial charge in [-0.25, -0.2) is 4.79 Å². The first-order valence-electron chi connectivity index (χ1n) is 9.26. The Kier molecular flexibility index (Phi) is 5.27. The topological polar surface area (TPSA) is 50.8 Å². The summed E-state index contributed by atoms with van der Waals surface area (Å²) in [5.74, 6) is 0.400. The summed E-state index contributed by atoms with van der Waals surface area (Å²) >= 11 is 1.55. The molecule has 0 aromatic heterocycles. The van der Waals surface area contributed by atoms with Crippen LogP contribution in [0.5, 0.6) is 0 Å². The van der Waals surface area contributed by atoms with Crippen LogP contribution in [0, 0.1) is 0 Å². The molecule has 0 radical (unpaired) electrons. The van der Waals surface area contributed by atoms with Gasteiger partial charge in [-0.05, 0) is 30.5 Å². The van der Waals surface area contributed by atoms with Gasteiger partial charge in [0.25, 0.3) is 4.99 Å². The normalized spacial score (nSPS) is 23.7. The molecule has 0 bridgehead atoms. The van der Waals surface area contributed by atoms with E-state index in [1.165, 1.54) is 12.7 Å². The van der Waals surface area contributed by atoms with Crippen LogP contribution in [0.25, 0.3) is 0 Å². The third-order valence-electron chi connectivity index (χ3n) is 5.04. The van der Waals surface area contributed by atoms with Gasteiger partial charge >= 0.3 is 5.97 Å². The Balaban J connectivity index is 1.67. The van der Waals surface area contributed by atoms with Crippen LogP contribution in [0.15, 0.2) is 54.6 Å². The van der Waals surface area contributed by atoms with Crippen LogP contribution in [-0.2, 0) is 20.0 Å². The summed E-state index contributed by atoms with van der Waals surface area (Å²) in [6.07, 6.45) is 2.20. The molecule has 1 N–H and O–H groups in total. The SMILES string of the molecule is COC(=O)C1(SCc2ccccc2)Nc2ccccc2N1CC1CCCO1. The molecular weight excluding hydrogens is 360 g/mol. The molecule has 0 saturated carbocycles. The monoisotopic (exact) mass is 384 g/mol. The van der Waals surface area contributed by atoms with E-state index in [0.717, 1.165) is 30.8 Å². The number of fused-ring (bicyclic) bond motifs is 1. The molecule has 142 valence electrons. The number of carbonyl (C=O) groups is 1. The van der Waals surface area contributed by atoms with Crippen molar-refractivity contribution in [2.45, 2.75) is 29.7 Å². The number of benzene rings is 2. The number of carbonyl (C=O) groups excluding carboxylic acids is 1. The highest BCUT2D eigenvalue weighted by Crippen LogP contribution is 2.47. The zero-order chi connectivity index (χ0) is 18.7. The molecule has 2 atom stereocenters. The first-order chi connectivity index (χ1) is 13.2. The summed E-state index contributed by atoms with van der Waals surface area (Å²) in [6, 6.07) is 18.2. The minimum absolute atomic E-state index is 0.124. The number of hydrogen-bond acceptors (Lipinski definition) is 6. The Bertz CT molecular complexity index is 795. The number of nitrogens with zero attached hydrogens (tertiary/aromatic N) is 1. The fourth-order valence-electron chi connectivity index (χ4n) is 3.69.